The third kappa shape index (κ3) is 4.54. The molecule has 3 rings (SSSR count). The number of aromatic nitrogens is 2. The van der Waals surface area contributed by atoms with Gasteiger partial charge in [0.2, 0.25) is 0 Å². The van der Waals surface area contributed by atoms with E-state index in [0.29, 0.717) is 11.9 Å². The first-order valence-electron chi connectivity index (χ1n) is 7.80. The monoisotopic (exact) mass is 334 g/mol. The van der Waals surface area contributed by atoms with Crippen molar-refractivity contribution in [2.45, 2.75) is 6.54 Å². The summed E-state index contributed by atoms with van der Waals surface area (Å²) in [6.07, 6.45) is 3.32. The van der Waals surface area contributed by atoms with Crippen LogP contribution < -0.4 is 15.4 Å². The van der Waals surface area contributed by atoms with Crippen molar-refractivity contribution in [3.63, 3.8) is 0 Å². The van der Waals surface area contributed by atoms with Gasteiger partial charge in [0, 0.05) is 12.7 Å². The Hall–Kier alpha value is -3.41. The summed E-state index contributed by atoms with van der Waals surface area (Å²) in [6.45, 7) is 0.399. The second kappa shape index (κ2) is 7.92. The molecule has 0 spiro atoms. The summed E-state index contributed by atoms with van der Waals surface area (Å²) in [6, 6.07) is 18.5. The number of benzene rings is 2. The largest absolute Gasteiger partial charge is 0.497 e. The molecule has 0 aliphatic rings. The molecule has 0 saturated heterocycles. The van der Waals surface area contributed by atoms with E-state index in [4.69, 9.17) is 4.74 Å². The Morgan fingerprint density at radius 2 is 1.88 bits per heavy atom. The van der Waals surface area contributed by atoms with Crippen LogP contribution >= 0.6 is 0 Å². The fourth-order valence-corrected chi connectivity index (χ4v) is 2.23. The van der Waals surface area contributed by atoms with Gasteiger partial charge in [-0.3, -0.25) is 0 Å². The van der Waals surface area contributed by atoms with Crippen LogP contribution in [0.25, 0.3) is 5.69 Å². The average Bonchev–Trinajstić information content (AvgIpc) is 2.68. The van der Waals surface area contributed by atoms with Crippen LogP contribution in [0, 0.1) is 0 Å². The molecule has 1 aromatic heterocycles. The highest BCUT2D eigenvalue weighted by Gasteiger charge is 2.00. The number of carbonyl (C=O) groups excluding carboxylic acids is 1. The Balaban J connectivity index is 1.62. The number of methoxy groups -OCH3 is 1. The van der Waals surface area contributed by atoms with Gasteiger partial charge in [0.05, 0.1) is 24.4 Å². The van der Waals surface area contributed by atoms with Crippen LogP contribution in [0.3, 0.4) is 0 Å². The summed E-state index contributed by atoms with van der Waals surface area (Å²) in [5.41, 5.74) is 1.91. The SMILES string of the molecule is COc1ccc(CNC(=O)/N=c2/ccn(-c3ccccc3)nc2)cc1. The van der Waals surface area contributed by atoms with Crippen LogP contribution in [0.1, 0.15) is 5.56 Å². The lowest BCUT2D eigenvalue weighted by atomic mass is 10.2. The third-order valence-corrected chi connectivity index (χ3v) is 3.56. The Morgan fingerprint density at radius 1 is 1.12 bits per heavy atom. The van der Waals surface area contributed by atoms with Crippen molar-refractivity contribution in [2.75, 3.05) is 7.11 Å². The van der Waals surface area contributed by atoms with Crippen LogP contribution in [0.2, 0.25) is 0 Å². The van der Waals surface area contributed by atoms with Crippen LogP contribution in [-0.2, 0) is 6.54 Å². The van der Waals surface area contributed by atoms with Gasteiger partial charge in [-0.2, -0.15) is 10.1 Å². The van der Waals surface area contributed by atoms with E-state index in [1.54, 1.807) is 30.3 Å². The van der Waals surface area contributed by atoms with E-state index in [1.165, 1.54) is 0 Å². The van der Waals surface area contributed by atoms with Crippen molar-refractivity contribution < 1.29 is 9.53 Å². The molecule has 0 radical (unpaired) electrons. The molecule has 6 nitrogen and oxygen atoms in total. The zero-order valence-corrected chi connectivity index (χ0v) is 13.8. The number of rotatable bonds is 4. The van der Waals surface area contributed by atoms with E-state index < -0.39 is 6.03 Å². The molecule has 0 aliphatic heterocycles. The molecule has 0 saturated carbocycles. The molecule has 0 bridgehead atoms. The quantitative estimate of drug-likeness (QED) is 0.797. The number of urea groups is 1. The molecule has 25 heavy (non-hydrogen) atoms. The zero-order chi connectivity index (χ0) is 17.5. The molecule has 2 aromatic carbocycles. The Labute approximate surface area is 145 Å². The highest BCUT2D eigenvalue weighted by Crippen LogP contribution is 2.10. The van der Waals surface area contributed by atoms with E-state index in [1.807, 2.05) is 54.6 Å². The first-order chi connectivity index (χ1) is 12.2. The normalized spacial score (nSPS) is 11.2. The molecule has 0 aliphatic carbocycles. The lowest BCUT2D eigenvalue weighted by Gasteiger charge is -2.04. The maximum absolute atomic E-state index is 11.9. The molecule has 0 unspecified atom stereocenters. The van der Waals surface area contributed by atoms with Gasteiger partial charge in [-0.15, -0.1) is 0 Å². The van der Waals surface area contributed by atoms with Crippen molar-refractivity contribution in [1.29, 1.82) is 0 Å². The fourth-order valence-electron chi connectivity index (χ4n) is 2.23. The molecule has 1 N–H and O–H groups in total. The Morgan fingerprint density at radius 3 is 2.52 bits per heavy atom. The first-order valence-corrected chi connectivity index (χ1v) is 7.80. The first kappa shape index (κ1) is 16.4. The van der Waals surface area contributed by atoms with Gasteiger partial charge in [-0.25, -0.2) is 9.48 Å². The molecular formula is C19H18N4O2. The fraction of sp³-hybridized carbons (Fsp3) is 0.105. The number of amides is 2. The third-order valence-electron chi connectivity index (χ3n) is 3.56. The smallest absolute Gasteiger partial charge is 0.341 e. The van der Waals surface area contributed by atoms with E-state index >= 15 is 0 Å². The molecule has 6 heteroatoms. The number of nitrogens with one attached hydrogen (secondary N) is 1. The van der Waals surface area contributed by atoms with Gasteiger partial charge in [0.25, 0.3) is 0 Å². The lowest BCUT2D eigenvalue weighted by molar-refractivity contribution is 0.248. The van der Waals surface area contributed by atoms with Crippen LogP contribution in [-0.4, -0.2) is 22.9 Å². The number of carbonyl (C=O) groups is 1. The summed E-state index contributed by atoms with van der Waals surface area (Å²) in [7, 11) is 1.62. The molecule has 0 fully saturated rings. The van der Waals surface area contributed by atoms with Gasteiger partial charge >= 0.3 is 6.03 Å². The maximum Gasteiger partial charge on any atom is 0.341 e. The predicted molar refractivity (Wildman–Crippen MR) is 94.4 cm³/mol. The van der Waals surface area contributed by atoms with E-state index in [2.05, 4.69) is 15.4 Å². The maximum atomic E-state index is 11.9. The molecule has 0 atom stereocenters. The van der Waals surface area contributed by atoms with Gasteiger partial charge < -0.3 is 10.1 Å². The van der Waals surface area contributed by atoms with Gasteiger partial charge in [-0.1, -0.05) is 30.3 Å². The average molecular weight is 334 g/mol. The standard InChI is InChI=1S/C19H18N4O2/c1-25-18-9-7-15(8-10-18)13-20-19(24)22-16-11-12-23(21-14-16)17-5-3-2-4-6-17/h2-12,14H,13H2,1H3,(H,20,24)/b22-16-. The van der Waals surface area contributed by atoms with Gasteiger partial charge in [-0.05, 0) is 35.9 Å². The second-order valence-corrected chi connectivity index (χ2v) is 5.28. The predicted octanol–water partition coefficient (Wildman–Crippen LogP) is 2.69. The number of ether oxygens (including phenoxy) is 1. The van der Waals surface area contributed by atoms with Gasteiger partial charge in [0.1, 0.15) is 5.75 Å². The Bertz CT molecular complexity index is 882. The molecule has 126 valence electrons. The molecular weight excluding hydrogens is 316 g/mol. The minimum absolute atomic E-state index is 0.399. The molecule has 3 aromatic rings. The summed E-state index contributed by atoms with van der Waals surface area (Å²) in [5, 5.41) is 7.52. The molecule has 1 heterocycles. The van der Waals surface area contributed by atoms with Crippen LogP contribution in [0.4, 0.5) is 4.79 Å². The number of nitrogens with zero attached hydrogens (tertiary/aromatic N) is 3. The Kier molecular flexibility index (Phi) is 5.21. The number of hydrogen-bond acceptors (Lipinski definition) is 3. The lowest BCUT2D eigenvalue weighted by Crippen LogP contribution is -2.22. The topological polar surface area (TPSA) is 68.5 Å². The highest BCUT2D eigenvalue weighted by atomic mass is 16.5. The van der Waals surface area contributed by atoms with Crippen molar-refractivity contribution in [1.82, 2.24) is 15.1 Å². The number of para-hydroxylation sites is 1. The highest BCUT2D eigenvalue weighted by molar-refractivity contribution is 5.74. The van der Waals surface area contributed by atoms with E-state index in [9.17, 15) is 4.79 Å². The summed E-state index contributed by atoms with van der Waals surface area (Å²) in [5.74, 6) is 0.779. The van der Waals surface area contributed by atoms with Crippen molar-refractivity contribution in [2.24, 2.45) is 4.99 Å². The summed E-state index contributed by atoms with van der Waals surface area (Å²) in [4.78, 5) is 15.9. The van der Waals surface area contributed by atoms with Gasteiger partial charge in [0.15, 0.2) is 0 Å². The summed E-state index contributed by atoms with van der Waals surface area (Å²) >= 11 is 0. The minimum atomic E-state index is -0.407. The zero-order valence-electron chi connectivity index (χ0n) is 13.8. The minimum Gasteiger partial charge on any atom is -0.497 e. The summed E-state index contributed by atoms with van der Waals surface area (Å²) < 4.78 is 6.82. The molecule has 2 amide bonds. The van der Waals surface area contributed by atoms with E-state index in [-0.39, 0.29) is 0 Å². The second-order valence-electron chi connectivity index (χ2n) is 5.28. The van der Waals surface area contributed by atoms with E-state index in [0.717, 1.165) is 17.0 Å². The van der Waals surface area contributed by atoms with Crippen molar-refractivity contribution in [3.8, 4) is 11.4 Å². The number of hydrogen-bond donors (Lipinski definition) is 1. The van der Waals surface area contributed by atoms with Crippen molar-refractivity contribution in [3.05, 3.63) is 84.0 Å². The van der Waals surface area contributed by atoms with Crippen LogP contribution in [0.15, 0.2) is 78.0 Å². The van der Waals surface area contributed by atoms with Crippen LogP contribution in [0.5, 0.6) is 5.75 Å². The van der Waals surface area contributed by atoms with Crippen molar-refractivity contribution >= 4 is 6.03 Å².